The van der Waals surface area contributed by atoms with Crippen LogP contribution >= 0.6 is 0 Å². The molecule has 0 aliphatic carbocycles. The van der Waals surface area contributed by atoms with Gasteiger partial charge in [0.15, 0.2) is 0 Å². The molecule has 0 bridgehead atoms. The predicted molar refractivity (Wildman–Crippen MR) is 99.3 cm³/mol. The zero-order valence-electron chi connectivity index (χ0n) is 14.9. The fraction of sp³-hybridized carbons (Fsp3) is 0.118. The Balaban J connectivity index is 1.83. The van der Waals surface area contributed by atoms with E-state index in [-0.39, 0.29) is 17.1 Å². The first-order valence-corrected chi connectivity index (χ1v) is 8.37. The molecular formula is C17H13N9O2. The lowest BCUT2D eigenvalue weighted by molar-refractivity contribution is 0.595. The minimum absolute atomic E-state index is 0.285. The average Bonchev–Trinajstić information content (AvgIpc) is 3.33. The molecule has 5 rings (SSSR count). The molecule has 11 heteroatoms. The van der Waals surface area contributed by atoms with Crippen molar-refractivity contribution in [2.45, 2.75) is 13.8 Å². The lowest BCUT2D eigenvalue weighted by atomic mass is 10.2. The number of aryl methyl sites for hydroxylation is 2. The first-order valence-electron chi connectivity index (χ1n) is 8.37. The topological polar surface area (TPSA) is 129 Å². The molecule has 0 saturated carbocycles. The minimum Gasteiger partial charge on any atom is -0.268 e. The van der Waals surface area contributed by atoms with E-state index >= 15 is 0 Å². The molecule has 0 amide bonds. The molecule has 0 aromatic carbocycles. The standard InChI is InChI=1S/C17H13N9O2/c1-9-21-22-10(2)26(9)25-6-4-14-12(16(25)28)7-11-13(20-14)3-5-24(15(11)27)17-18-8-19-23-17/h3-8H,1-2H3,(H,18,19,23). The summed E-state index contributed by atoms with van der Waals surface area (Å²) in [5, 5.41) is 15.0. The second-order valence-electron chi connectivity index (χ2n) is 6.23. The van der Waals surface area contributed by atoms with Gasteiger partial charge in [0.1, 0.15) is 18.0 Å². The Morgan fingerprint density at radius 3 is 2.29 bits per heavy atom. The number of hydrogen-bond acceptors (Lipinski definition) is 7. The van der Waals surface area contributed by atoms with Crippen molar-refractivity contribution in [3.05, 3.63) is 69.3 Å². The predicted octanol–water partition coefficient (Wildman–Crippen LogP) is 0.338. The molecule has 0 radical (unpaired) electrons. The Morgan fingerprint density at radius 2 is 1.61 bits per heavy atom. The summed E-state index contributed by atoms with van der Waals surface area (Å²) in [5.74, 6) is 1.42. The second kappa shape index (κ2) is 5.67. The van der Waals surface area contributed by atoms with Gasteiger partial charge in [-0.25, -0.2) is 19.4 Å². The molecule has 5 aromatic heterocycles. The SMILES string of the molecule is Cc1nnc(C)n1-n1ccc2nc3ccn(-c4ncn[nH]4)c(=O)c3cc2c1=O. The molecule has 5 aromatic rings. The number of rotatable bonds is 2. The van der Waals surface area contributed by atoms with Gasteiger partial charge >= 0.3 is 0 Å². The van der Waals surface area contributed by atoms with Gasteiger partial charge in [-0.05, 0) is 32.0 Å². The van der Waals surface area contributed by atoms with E-state index in [0.717, 1.165) is 0 Å². The molecule has 5 heterocycles. The van der Waals surface area contributed by atoms with Crippen molar-refractivity contribution in [3.63, 3.8) is 0 Å². The Kier molecular flexibility index (Phi) is 3.25. The van der Waals surface area contributed by atoms with Crippen LogP contribution in [0.5, 0.6) is 0 Å². The van der Waals surface area contributed by atoms with Gasteiger partial charge in [0.25, 0.3) is 11.1 Å². The first-order chi connectivity index (χ1) is 13.5. The van der Waals surface area contributed by atoms with Gasteiger partial charge in [-0.1, -0.05) is 0 Å². The highest BCUT2D eigenvalue weighted by atomic mass is 16.1. The summed E-state index contributed by atoms with van der Waals surface area (Å²) >= 11 is 0. The largest absolute Gasteiger partial charge is 0.279 e. The van der Waals surface area contributed by atoms with E-state index in [1.165, 1.54) is 15.6 Å². The van der Waals surface area contributed by atoms with E-state index in [1.807, 2.05) is 0 Å². The molecule has 0 fully saturated rings. The molecule has 0 spiro atoms. The molecule has 0 atom stereocenters. The number of H-pyrrole nitrogens is 1. The normalized spacial score (nSPS) is 11.5. The van der Waals surface area contributed by atoms with Crippen molar-refractivity contribution in [1.29, 1.82) is 0 Å². The van der Waals surface area contributed by atoms with Gasteiger partial charge in [-0.3, -0.25) is 14.2 Å². The molecule has 0 unspecified atom stereocenters. The van der Waals surface area contributed by atoms with Crippen LogP contribution in [-0.2, 0) is 0 Å². The zero-order chi connectivity index (χ0) is 19.4. The molecular weight excluding hydrogens is 362 g/mol. The van der Waals surface area contributed by atoms with Crippen LogP contribution < -0.4 is 11.1 Å². The van der Waals surface area contributed by atoms with Gasteiger partial charge in [0.05, 0.1) is 21.8 Å². The third-order valence-electron chi connectivity index (χ3n) is 4.52. The summed E-state index contributed by atoms with van der Waals surface area (Å²) < 4.78 is 4.32. The van der Waals surface area contributed by atoms with Crippen LogP contribution in [0.4, 0.5) is 0 Å². The lowest BCUT2D eigenvalue weighted by Crippen LogP contribution is -2.28. The van der Waals surface area contributed by atoms with Gasteiger partial charge in [0, 0.05) is 12.4 Å². The maximum atomic E-state index is 13.1. The van der Waals surface area contributed by atoms with E-state index in [1.54, 1.807) is 49.1 Å². The molecule has 28 heavy (non-hydrogen) atoms. The average molecular weight is 375 g/mol. The number of aromatic amines is 1. The van der Waals surface area contributed by atoms with Gasteiger partial charge in [-0.2, -0.15) is 10.1 Å². The second-order valence-corrected chi connectivity index (χ2v) is 6.23. The lowest BCUT2D eigenvalue weighted by Gasteiger charge is -2.11. The molecule has 1 N–H and O–H groups in total. The van der Waals surface area contributed by atoms with Crippen LogP contribution in [0.3, 0.4) is 0 Å². The van der Waals surface area contributed by atoms with Gasteiger partial charge in [0.2, 0.25) is 5.95 Å². The molecule has 11 nitrogen and oxygen atoms in total. The molecule has 0 saturated heterocycles. The number of hydrogen-bond donors (Lipinski definition) is 1. The number of pyridine rings is 3. The summed E-state index contributed by atoms with van der Waals surface area (Å²) in [6.45, 7) is 3.51. The summed E-state index contributed by atoms with van der Waals surface area (Å²) in [5.41, 5.74) is 0.304. The fourth-order valence-electron chi connectivity index (χ4n) is 3.23. The minimum atomic E-state index is -0.352. The first kappa shape index (κ1) is 16.1. The van der Waals surface area contributed by atoms with Crippen LogP contribution in [0.1, 0.15) is 11.6 Å². The van der Waals surface area contributed by atoms with E-state index in [4.69, 9.17) is 0 Å². The highest BCUT2D eigenvalue weighted by molar-refractivity contribution is 5.91. The highest BCUT2D eigenvalue weighted by Crippen LogP contribution is 2.15. The van der Waals surface area contributed by atoms with Crippen molar-refractivity contribution in [2.75, 3.05) is 0 Å². The number of fused-ring (bicyclic) bond motifs is 2. The number of aromatic nitrogens is 9. The van der Waals surface area contributed by atoms with Gasteiger partial charge in [-0.15, -0.1) is 10.2 Å². The van der Waals surface area contributed by atoms with Crippen molar-refractivity contribution < 1.29 is 0 Å². The third kappa shape index (κ3) is 2.19. The van der Waals surface area contributed by atoms with E-state index in [0.29, 0.717) is 33.5 Å². The van der Waals surface area contributed by atoms with Crippen LogP contribution in [0, 0.1) is 13.8 Å². The van der Waals surface area contributed by atoms with Crippen molar-refractivity contribution in [1.82, 2.24) is 44.3 Å². The van der Waals surface area contributed by atoms with Crippen LogP contribution in [-0.4, -0.2) is 44.3 Å². The van der Waals surface area contributed by atoms with Crippen LogP contribution in [0.15, 0.2) is 46.5 Å². The van der Waals surface area contributed by atoms with Gasteiger partial charge < -0.3 is 0 Å². The summed E-state index contributed by atoms with van der Waals surface area (Å²) in [6, 6.07) is 4.97. The number of nitrogens with zero attached hydrogens (tertiary/aromatic N) is 8. The maximum absolute atomic E-state index is 13.1. The Morgan fingerprint density at radius 1 is 0.929 bits per heavy atom. The van der Waals surface area contributed by atoms with Crippen molar-refractivity contribution in [2.24, 2.45) is 0 Å². The van der Waals surface area contributed by atoms with Crippen LogP contribution in [0.25, 0.3) is 27.8 Å². The van der Waals surface area contributed by atoms with Crippen molar-refractivity contribution >= 4 is 21.8 Å². The zero-order valence-corrected chi connectivity index (χ0v) is 14.9. The van der Waals surface area contributed by atoms with Crippen LogP contribution in [0.2, 0.25) is 0 Å². The maximum Gasteiger partial charge on any atom is 0.279 e. The quantitative estimate of drug-likeness (QED) is 0.440. The molecule has 138 valence electrons. The number of nitrogens with one attached hydrogen (secondary N) is 1. The third-order valence-corrected chi connectivity index (χ3v) is 4.52. The summed E-state index contributed by atoms with van der Waals surface area (Å²) in [7, 11) is 0. The van der Waals surface area contributed by atoms with E-state index in [2.05, 4.69) is 30.4 Å². The van der Waals surface area contributed by atoms with E-state index in [9.17, 15) is 9.59 Å². The Labute approximate surface area is 155 Å². The van der Waals surface area contributed by atoms with Crippen molar-refractivity contribution in [3.8, 4) is 5.95 Å². The smallest absolute Gasteiger partial charge is 0.268 e. The van der Waals surface area contributed by atoms with E-state index < -0.39 is 0 Å². The summed E-state index contributed by atoms with van der Waals surface area (Å²) in [6.07, 6.45) is 4.49. The Bertz CT molecular complexity index is 1460. The molecule has 0 aliphatic heterocycles. The highest BCUT2D eigenvalue weighted by Gasteiger charge is 2.14. The molecule has 0 aliphatic rings. The Hall–Kier alpha value is -4.15. The monoisotopic (exact) mass is 375 g/mol. The fourth-order valence-corrected chi connectivity index (χ4v) is 3.23. The summed E-state index contributed by atoms with van der Waals surface area (Å²) in [4.78, 5) is 34.5.